The smallest absolute Gasteiger partial charge is 0.251 e. The van der Waals surface area contributed by atoms with Crippen LogP contribution >= 0.6 is 22.6 Å². The van der Waals surface area contributed by atoms with E-state index in [0.29, 0.717) is 17.9 Å². The van der Waals surface area contributed by atoms with Crippen LogP contribution in [-0.4, -0.2) is 42.6 Å². The third kappa shape index (κ3) is 5.79. The van der Waals surface area contributed by atoms with Crippen LogP contribution in [0.1, 0.15) is 36.0 Å². The molecule has 2 aromatic rings. The Hall–Kier alpha value is -1.90. The average Bonchev–Trinajstić information content (AvgIpc) is 2.67. The second-order valence-electron chi connectivity index (χ2n) is 7.22. The first-order valence-electron chi connectivity index (χ1n) is 9.32. The number of amides is 1. The number of hydrogen-bond donors (Lipinski definition) is 2. The van der Waals surface area contributed by atoms with Crippen molar-refractivity contribution in [1.82, 2.24) is 15.3 Å². The highest BCUT2D eigenvalue weighted by Gasteiger charge is 2.22. The fraction of sp³-hybridized carbons (Fsp3) is 0.450. The molecule has 0 atom stereocenters. The molecule has 3 rings (SSSR count). The minimum atomic E-state index is 0.0164. The van der Waals surface area contributed by atoms with Crippen LogP contribution in [0.25, 0.3) is 0 Å². The number of nitrogens with one attached hydrogen (secondary N) is 2. The Balaban J connectivity index is 1.44. The number of benzene rings is 1. The van der Waals surface area contributed by atoms with Crippen LogP contribution in [0.4, 0.5) is 11.8 Å². The van der Waals surface area contributed by atoms with E-state index in [1.54, 1.807) is 6.20 Å². The lowest BCUT2D eigenvalue weighted by Gasteiger charge is -2.29. The second kappa shape index (κ2) is 9.34. The highest BCUT2D eigenvalue weighted by atomic mass is 127. The zero-order valence-electron chi connectivity index (χ0n) is 15.8. The summed E-state index contributed by atoms with van der Waals surface area (Å²) in [5.74, 6) is 2.14. The lowest BCUT2D eigenvalue weighted by Crippen LogP contribution is -2.34. The molecule has 0 spiro atoms. The van der Waals surface area contributed by atoms with Crippen LogP contribution in [0.2, 0.25) is 0 Å². The summed E-state index contributed by atoms with van der Waals surface area (Å²) in [7, 11) is 3.95. The first-order chi connectivity index (χ1) is 13.0. The topological polar surface area (TPSA) is 70.2 Å². The zero-order valence-corrected chi connectivity index (χ0v) is 17.9. The Morgan fingerprint density at radius 3 is 2.70 bits per heavy atom. The molecule has 0 unspecified atom stereocenters. The van der Waals surface area contributed by atoms with Gasteiger partial charge in [0.2, 0.25) is 5.95 Å². The molecule has 1 fully saturated rings. The first-order valence-corrected chi connectivity index (χ1v) is 10.4. The van der Waals surface area contributed by atoms with Gasteiger partial charge in [-0.25, -0.2) is 4.98 Å². The number of rotatable bonds is 6. The molecule has 2 N–H and O–H groups in total. The standard InChI is InChI=1S/C20H26IN5O/c1-26(2)18-10-11-22-20(25-18)24-17-8-6-14(7-9-17)13-23-19(27)15-4-3-5-16(21)12-15/h3-5,10-12,14,17H,6-9,13H2,1-2H3,(H,23,27)(H,22,24,25)/t14-,17+. The van der Waals surface area contributed by atoms with Crippen molar-refractivity contribution in [3.63, 3.8) is 0 Å². The molecule has 1 aliphatic rings. The quantitative estimate of drug-likeness (QED) is 0.621. The molecule has 7 heteroatoms. The van der Waals surface area contributed by atoms with Crippen LogP contribution < -0.4 is 15.5 Å². The fourth-order valence-electron chi connectivity index (χ4n) is 3.33. The van der Waals surface area contributed by atoms with Crippen LogP contribution in [0.5, 0.6) is 0 Å². The van der Waals surface area contributed by atoms with Gasteiger partial charge in [-0.15, -0.1) is 0 Å². The van der Waals surface area contributed by atoms with E-state index < -0.39 is 0 Å². The number of nitrogens with zero attached hydrogens (tertiary/aromatic N) is 3. The summed E-state index contributed by atoms with van der Waals surface area (Å²) in [4.78, 5) is 23.1. The van der Waals surface area contributed by atoms with E-state index in [-0.39, 0.29) is 5.91 Å². The summed E-state index contributed by atoms with van der Waals surface area (Å²) < 4.78 is 1.08. The van der Waals surface area contributed by atoms with Gasteiger partial charge < -0.3 is 15.5 Å². The Labute approximate surface area is 174 Å². The number of hydrogen-bond acceptors (Lipinski definition) is 5. The Bertz CT molecular complexity index is 774. The molecule has 0 bridgehead atoms. The minimum Gasteiger partial charge on any atom is -0.363 e. The molecule has 0 radical (unpaired) electrons. The van der Waals surface area contributed by atoms with E-state index in [1.807, 2.05) is 49.3 Å². The van der Waals surface area contributed by atoms with Crippen molar-refractivity contribution in [2.24, 2.45) is 5.92 Å². The molecule has 1 aliphatic carbocycles. The average molecular weight is 479 g/mol. The minimum absolute atomic E-state index is 0.0164. The van der Waals surface area contributed by atoms with E-state index >= 15 is 0 Å². The first kappa shape index (κ1) is 19.9. The third-order valence-electron chi connectivity index (χ3n) is 4.92. The highest BCUT2D eigenvalue weighted by molar-refractivity contribution is 14.1. The van der Waals surface area contributed by atoms with Crippen LogP contribution in [0.3, 0.4) is 0 Å². The van der Waals surface area contributed by atoms with Gasteiger partial charge in [0.05, 0.1) is 0 Å². The van der Waals surface area contributed by atoms with Gasteiger partial charge in [0, 0.05) is 42.0 Å². The predicted molar refractivity (Wildman–Crippen MR) is 117 cm³/mol. The maximum absolute atomic E-state index is 12.3. The SMILES string of the molecule is CN(C)c1ccnc(N[C@H]2CC[C@@H](CNC(=O)c3cccc(I)c3)CC2)n1. The van der Waals surface area contributed by atoms with Gasteiger partial charge in [-0.1, -0.05) is 6.07 Å². The molecule has 1 aromatic heterocycles. The van der Waals surface area contributed by atoms with Crippen molar-refractivity contribution in [3.05, 3.63) is 45.7 Å². The van der Waals surface area contributed by atoms with Gasteiger partial charge >= 0.3 is 0 Å². The van der Waals surface area contributed by atoms with E-state index in [4.69, 9.17) is 0 Å². The lowest BCUT2D eigenvalue weighted by molar-refractivity contribution is 0.0943. The monoisotopic (exact) mass is 479 g/mol. The van der Waals surface area contributed by atoms with E-state index in [2.05, 4.69) is 43.2 Å². The highest BCUT2D eigenvalue weighted by Crippen LogP contribution is 2.26. The van der Waals surface area contributed by atoms with Crippen molar-refractivity contribution >= 4 is 40.3 Å². The molecular weight excluding hydrogens is 453 g/mol. The summed E-state index contributed by atoms with van der Waals surface area (Å²) in [6.07, 6.45) is 6.12. The van der Waals surface area contributed by atoms with Crippen molar-refractivity contribution in [2.45, 2.75) is 31.7 Å². The molecule has 1 saturated carbocycles. The Morgan fingerprint density at radius 2 is 2.00 bits per heavy atom. The van der Waals surface area contributed by atoms with Crippen LogP contribution in [0.15, 0.2) is 36.5 Å². The second-order valence-corrected chi connectivity index (χ2v) is 8.46. The molecule has 0 aliphatic heterocycles. The molecule has 1 heterocycles. The normalized spacial score (nSPS) is 19.4. The van der Waals surface area contributed by atoms with Gasteiger partial charge in [0.25, 0.3) is 5.91 Å². The summed E-state index contributed by atoms with van der Waals surface area (Å²) in [6.45, 7) is 0.740. The molecule has 0 saturated heterocycles. The Kier molecular flexibility index (Phi) is 6.87. The molecular formula is C20H26IN5O. The lowest BCUT2D eigenvalue weighted by atomic mass is 9.86. The van der Waals surface area contributed by atoms with Gasteiger partial charge in [-0.2, -0.15) is 4.98 Å². The van der Waals surface area contributed by atoms with Crippen molar-refractivity contribution in [1.29, 1.82) is 0 Å². The van der Waals surface area contributed by atoms with Crippen molar-refractivity contribution in [2.75, 3.05) is 30.9 Å². The van der Waals surface area contributed by atoms with Crippen molar-refractivity contribution < 1.29 is 4.79 Å². The van der Waals surface area contributed by atoms with Crippen molar-refractivity contribution in [3.8, 4) is 0 Å². The van der Waals surface area contributed by atoms with Gasteiger partial charge in [-0.05, 0) is 78.5 Å². The maximum atomic E-state index is 12.3. The number of anilines is 2. The van der Waals surface area contributed by atoms with Gasteiger partial charge in [0.1, 0.15) is 5.82 Å². The third-order valence-corrected chi connectivity index (χ3v) is 5.59. The van der Waals surface area contributed by atoms with E-state index in [9.17, 15) is 4.79 Å². The number of carbonyl (C=O) groups excluding carboxylic acids is 1. The molecule has 1 amide bonds. The van der Waals surface area contributed by atoms with E-state index in [0.717, 1.165) is 47.2 Å². The summed E-state index contributed by atoms with van der Waals surface area (Å²) in [6, 6.07) is 9.98. The molecule has 27 heavy (non-hydrogen) atoms. The van der Waals surface area contributed by atoms with Crippen LogP contribution in [0, 0.1) is 9.49 Å². The summed E-state index contributed by atoms with van der Waals surface area (Å²) >= 11 is 2.23. The summed E-state index contributed by atoms with van der Waals surface area (Å²) in [5, 5.41) is 6.54. The Morgan fingerprint density at radius 1 is 1.22 bits per heavy atom. The number of aromatic nitrogens is 2. The van der Waals surface area contributed by atoms with Gasteiger partial charge in [-0.3, -0.25) is 4.79 Å². The summed E-state index contributed by atoms with van der Waals surface area (Å²) in [5.41, 5.74) is 0.732. The maximum Gasteiger partial charge on any atom is 0.251 e. The largest absolute Gasteiger partial charge is 0.363 e. The number of carbonyl (C=O) groups is 1. The number of halogens is 1. The van der Waals surface area contributed by atoms with E-state index in [1.165, 1.54) is 0 Å². The fourth-order valence-corrected chi connectivity index (χ4v) is 3.87. The predicted octanol–water partition coefficient (Wildman–Crippen LogP) is 3.55. The zero-order chi connectivity index (χ0) is 19.2. The molecule has 144 valence electrons. The molecule has 6 nitrogen and oxygen atoms in total. The molecule has 1 aromatic carbocycles. The van der Waals surface area contributed by atoms with Gasteiger partial charge in [0.15, 0.2) is 0 Å². The van der Waals surface area contributed by atoms with Crippen LogP contribution in [-0.2, 0) is 0 Å².